The van der Waals surface area contributed by atoms with Crippen LogP contribution in [0.2, 0.25) is 0 Å². The fraction of sp³-hybridized carbons (Fsp3) is 0.231. The summed E-state index contributed by atoms with van der Waals surface area (Å²) in [6.07, 6.45) is 1.99. The minimum Gasteiger partial charge on any atom is -0.462 e. The van der Waals surface area contributed by atoms with Crippen molar-refractivity contribution in [2.45, 2.75) is 31.6 Å². The van der Waals surface area contributed by atoms with Gasteiger partial charge in [-0.1, -0.05) is 24.3 Å². The van der Waals surface area contributed by atoms with Gasteiger partial charge in [-0.2, -0.15) is 0 Å². The number of carbonyl (C=O) groups is 2. The first-order chi connectivity index (χ1) is 17.5. The quantitative estimate of drug-likeness (QED) is 0.232. The highest BCUT2D eigenvalue weighted by molar-refractivity contribution is 7.98. The number of carbonyl (C=O) groups excluding carboxylic acids is 2. The monoisotopic (exact) mass is 523 g/mol. The number of aromatic nitrogens is 2. The van der Waals surface area contributed by atoms with Gasteiger partial charge in [0.2, 0.25) is 5.82 Å². The molecule has 0 spiro atoms. The molecule has 0 aliphatic rings. The molecule has 2 N–H and O–H groups in total. The average Bonchev–Trinajstić information content (AvgIpc) is 3.31. The first-order valence-corrected chi connectivity index (χ1v) is 13.3. The Hall–Kier alpha value is -3.47. The third kappa shape index (κ3) is 6.20. The summed E-state index contributed by atoms with van der Waals surface area (Å²) >= 11 is 2.92. The Morgan fingerprint density at radius 2 is 1.92 bits per heavy atom. The van der Waals surface area contributed by atoms with Crippen molar-refractivity contribution in [1.29, 1.82) is 0 Å². The molecule has 2 aromatic carbocycles. The molecular formula is C26H25N3O5S2. The van der Waals surface area contributed by atoms with E-state index in [1.165, 1.54) is 11.3 Å². The molecule has 8 nitrogen and oxygen atoms in total. The second kappa shape index (κ2) is 12.0. The summed E-state index contributed by atoms with van der Waals surface area (Å²) in [5.74, 6) is -0.829. The number of rotatable bonds is 10. The van der Waals surface area contributed by atoms with Gasteiger partial charge in [0, 0.05) is 17.0 Å². The predicted molar refractivity (Wildman–Crippen MR) is 141 cm³/mol. The van der Waals surface area contributed by atoms with Gasteiger partial charge in [0.1, 0.15) is 4.83 Å². The van der Waals surface area contributed by atoms with Gasteiger partial charge in [-0.05, 0) is 54.0 Å². The SMILES string of the molecule is CCOC(=O)c1ccc(COCc2csc3nc(C(=O)NCc4cccc(SC)c4)[nH]c(=O)c23)cc1. The van der Waals surface area contributed by atoms with Gasteiger partial charge in [0.25, 0.3) is 11.5 Å². The van der Waals surface area contributed by atoms with E-state index < -0.39 is 5.91 Å². The first-order valence-electron chi connectivity index (χ1n) is 11.2. The van der Waals surface area contributed by atoms with E-state index in [2.05, 4.69) is 15.3 Å². The number of nitrogens with one attached hydrogen (secondary N) is 2. The molecule has 10 heteroatoms. The van der Waals surface area contributed by atoms with Crippen LogP contribution in [0.5, 0.6) is 0 Å². The summed E-state index contributed by atoms with van der Waals surface area (Å²) in [6, 6.07) is 14.9. The molecule has 2 heterocycles. The lowest BCUT2D eigenvalue weighted by atomic mass is 10.1. The zero-order valence-electron chi connectivity index (χ0n) is 19.8. The zero-order valence-corrected chi connectivity index (χ0v) is 21.5. The minimum atomic E-state index is -0.444. The smallest absolute Gasteiger partial charge is 0.338 e. The van der Waals surface area contributed by atoms with Crippen molar-refractivity contribution < 1.29 is 19.1 Å². The van der Waals surface area contributed by atoms with Crippen molar-refractivity contribution in [2.24, 2.45) is 0 Å². The molecule has 2 aromatic heterocycles. The number of ether oxygens (including phenoxy) is 2. The van der Waals surface area contributed by atoms with Crippen molar-refractivity contribution in [1.82, 2.24) is 15.3 Å². The van der Waals surface area contributed by atoms with Crippen molar-refractivity contribution in [3.8, 4) is 0 Å². The fourth-order valence-electron chi connectivity index (χ4n) is 3.50. The van der Waals surface area contributed by atoms with Crippen LogP contribution in [0.3, 0.4) is 0 Å². The maximum Gasteiger partial charge on any atom is 0.338 e. The molecule has 0 atom stereocenters. The third-order valence-electron chi connectivity index (χ3n) is 5.31. The van der Waals surface area contributed by atoms with Crippen LogP contribution in [0.1, 0.15) is 44.6 Å². The maximum absolute atomic E-state index is 12.8. The second-order valence-corrected chi connectivity index (χ2v) is 9.54. The number of benzene rings is 2. The highest BCUT2D eigenvalue weighted by Crippen LogP contribution is 2.22. The Balaban J connectivity index is 1.37. The van der Waals surface area contributed by atoms with Crippen LogP contribution < -0.4 is 10.9 Å². The van der Waals surface area contributed by atoms with Crippen LogP contribution in [0.25, 0.3) is 10.2 Å². The Morgan fingerprint density at radius 1 is 1.11 bits per heavy atom. The molecule has 0 aliphatic carbocycles. The van der Waals surface area contributed by atoms with Gasteiger partial charge in [-0.15, -0.1) is 23.1 Å². The molecule has 0 saturated heterocycles. The van der Waals surface area contributed by atoms with Crippen LogP contribution >= 0.6 is 23.1 Å². The summed E-state index contributed by atoms with van der Waals surface area (Å²) in [4.78, 5) is 45.7. The van der Waals surface area contributed by atoms with E-state index >= 15 is 0 Å². The van der Waals surface area contributed by atoms with Crippen molar-refractivity contribution in [3.63, 3.8) is 0 Å². The number of esters is 1. The van der Waals surface area contributed by atoms with Crippen LogP contribution in [-0.2, 0) is 29.2 Å². The van der Waals surface area contributed by atoms with Gasteiger partial charge in [0.05, 0.1) is 30.8 Å². The molecule has 4 rings (SSSR count). The van der Waals surface area contributed by atoms with Crippen molar-refractivity contribution in [3.05, 3.63) is 92.3 Å². The van der Waals surface area contributed by atoms with Crippen molar-refractivity contribution in [2.75, 3.05) is 12.9 Å². The van der Waals surface area contributed by atoms with Crippen LogP contribution in [0.4, 0.5) is 0 Å². The molecule has 0 fully saturated rings. The summed E-state index contributed by atoms with van der Waals surface area (Å²) in [5.41, 5.74) is 2.65. The Morgan fingerprint density at radius 3 is 2.67 bits per heavy atom. The van der Waals surface area contributed by atoms with Crippen LogP contribution in [0, 0.1) is 0 Å². The molecule has 0 radical (unpaired) electrons. The van der Waals surface area contributed by atoms with Gasteiger partial charge in [0.15, 0.2) is 0 Å². The van der Waals surface area contributed by atoms with E-state index in [-0.39, 0.29) is 24.0 Å². The molecule has 0 unspecified atom stereocenters. The second-order valence-electron chi connectivity index (χ2n) is 7.80. The topological polar surface area (TPSA) is 110 Å². The Labute approximate surface area is 216 Å². The summed E-state index contributed by atoms with van der Waals surface area (Å²) in [7, 11) is 0. The van der Waals surface area contributed by atoms with Gasteiger partial charge in [-0.25, -0.2) is 9.78 Å². The first kappa shape index (κ1) is 25.6. The molecule has 36 heavy (non-hydrogen) atoms. The summed E-state index contributed by atoms with van der Waals surface area (Å²) in [5, 5.41) is 5.04. The lowest BCUT2D eigenvalue weighted by Crippen LogP contribution is -2.27. The number of hydrogen-bond donors (Lipinski definition) is 2. The lowest BCUT2D eigenvalue weighted by Gasteiger charge is -2.07. The van der Waals surface area contributed by atoms with Gasteiger partial charge < -0.3 is 19.8 Å². The fourth-order valence-corrected chi connectivity index (χ4v) is 4.91. The standard InChI is InChI=1S/C26H25N3O5S2/c1-3-34-26(32)18-9-7-16(8-10-18)13-33-14-19-15-36-25-21(19)23(30)28-22(29-25)24(31)27-12-17-5-4-6-20(11-17)35-2/h4-11,15H,3,12-14H2,1-2H3,(H,27,31)(H,28,29,30). The van der Waals surface area contributed by atoms with E-state index in [0.717, 1.165) is 16.0 Å². The largest absolute Gasteiger partial charge is 0.462 e. The number of amides is 1. The van der Waals surface area contributed by atoms with E-state index in [1.54, 1.807) is 43.0 Å². The molecule has 0 aliphatic heterocycles. The van der Waals surface area contributed by atoms with E-state index in [1.807, 2.05) is 35.9 Å². The van der Waals surface area contributed by atoms with Crippen molar-refractivity contribution >= 4 is 45.2 Å². The Bertz CT molecular complexity index is 1430. The maximum atomic E-state index is 12.8. The van der Waals surface area contributed by atoms with E-state index in [0.29, 0.717) is 41.1 Å². The molecule has 0 saturated carbocycles. The number of aromatic amines is 1. The number of H-pyrrole nitrogens is 1. The molecule has 0 bridgehead atoms. The molecular weight excluding hydrogens is 498 g/mol. The number of fused-ring (bicyclic) bond motifs is 1. The Kier molecular flexibility index (Phi) is 8.52. The molecule has 1 amide bonds. The number of hydrogen-bond acceptors (Lipinski definition) is 8. The zero-order chi connectivity index (χ0) is 25.5. The molecule has 186 valence electrons. The lowest BCUT2D eigenvalue weighted by molar-refractivity contribution is 0.0526. The predicted octanol–water partition coefficient (Wildman–Crippen LogP) is 4.53. The highest BCUT2D eigenvalue weighted by atomic mass is 32.2. The normalized spacial score (nSPS) is 10.9. The highest BCUT2D eigenvalue weighted by Gasteiger charge is 2.16. The van der Waals surface area contributed by atoms with Gasteiger partial charge >= 0.3 is 5.97 Å². The van der Waals surface area contributed by atoms with Crippen LogP contribution in [0.15, 0.2) is 63.6 Å². The van der Waals surface area contributed by atoms with Gasteiger partial charge in [-0.3, -0.25) is 9.59 Å². The summed E-state index contributed by atoms with van der Waals surface area (Å²) < 4.78 is 10.8. The number of thiophene rings is 1. The van der Waals surface area contributed by atoms with Crippen LogP contribution in [-0.4, -0.2) is 34.7 Å². The number of nitrogens with zero attached hydrogens (tertiary/aromatic N) is 1. The third-order valence-corrected chi connectivity index (χ3v) is 6.96. The van der Waals surface area contributed by atoms with E-state index in [4.69, 9.17) is 9.47 Å². The minimum absolute atomic E-state index is 0.0236. The number of thioether (sulfide) groups is 1. The molecule has 4 aromatic rings. The van der Waals surface area contributed by atoms with E-state index in [9.17, 15) is 14.4 Å². The summed E-state index contributed by atoms with van der Waals surface area (Å²) in [6.45, 7) is 2.94. The average molecular weight is 524 g/mol.